The molecule has 0 bridgehead atoms. The van der Waals surface area contributed by atoms with Crippen molar-refractivity contribution in [2.24, 2.45) is 0 Å². The van der Waals surface area contributed by atoms with Crippen LogP contribution in [0.25, 0.3) is 0 Å². The first kappa shape index (κ1) is 14.3. The van der Waals surface area contributed by atoms with Crippen molar-refractivity contribution < 1.29 is 9.90 Å². The van der Waals surface area contributed by atoms with Gasteiger partial charge in [0, 0.05) is 23.8 Å². The van der Waals surface area contributed by atoms with E-state index < -0.39 is 0 Å². The van der Waals surface area contributed by atoms with Gasteiger partial charge in [0.05, 0.1) is 12.6 Å². The molecule has 2 rings (SSSR count). The van der Waals surface area contributed by atoms with Crippen LogP contribution < -0.4 is 5.32 Å². The van der Waals surface area contributed by atoms with Crippen molar-refractivity contribution in [1.82, 2.24) is 4.90 Å². The second-order valence-electron chi connectivity index (χ2n) is 5.01. The molecular weight excluding hydrogens is 264 g/mol. The van der Waals surface area contributed by atoms with Crippen molar-refractivity contribution in [3.8, 4) is 0 Å². The van der Waals surface area contributed by atoms with Gasteiger partial charge in [0.2, 0.25) is 5.91 Å². The number of nitrogens with zero attached hydrogens (tertiary/aromatic N) is 1. The fourth-order valence-corrected chi connectivity index (χ4v) is 2.46. The molecule has 104 valence electrons. The fraction of sp³-hybridized carbons (Fsp3) is 0.500. The Morgan fingerprint density at radius 2 is 2.16 bits per heavy atom. The van der Waals surface area contributed by atoms with Gasteiger partial charge in [0.15, 0.2) is 0 Å². The minimum atomic E-state index is -0.210. The van der Waals surface area contributed by atoms with Gasteiger partial charge in [-0.25, -0.2) is 0 Å². The maximum Gasteiger partial charge on any atom is 0.238 e. The van der Waals surface area contributed by atoms with Gasteiger partial charge in [-0.2, -0.15) is 0 Å². The minimum absolute atomic E-state index is 0.0261. The Balaban J connectivity index is 1.87. The van der Waals surface area contributed by atoms with Gasteiger partial charge in [-0.15, -0.1) is 0 Å². The zero-order valence-electron chi connectivity index (χ0n) is 11.0. The summed E-state index contributed by atoms with van der Waals surface area (Å²) in [6.45, 7) is 3.83. The number of hydrogen-bond acceptors (Lipinski definition) is 3. The number of halogens is 1. The molecule has 19 heavy (non-hydrogen) atoms. The molecule has 0 aliphatic carbocycles. The number of likely N-dealkylation sites (tertiary alicyclic amines) is 1. The number of aliphatic hydroxyl groups is 1. The van der Waals surface area contributed by atoms with Gasteiger partial charge in [0.25, 0.3) is 0 Å². The van der Waals surface area contributed by atoms with Crippen LogP contribution >= 0.6 is 11.6 Å². The maximum absolute atomic E-state index is 12.0. The lowest BCUT2D eigenvalue weighted by molar-refractivity contribution is -0.117. The highest BCUT2D eigenvalue weighted by Gasteiger charge is 2.19. The molecule has 1 aliphatic rings. The van der Waals surface area contributed by atoms with E-state index in [1.807, 2.05) is 19.1 Å². The molecule has 1 aliphatic heterocycles. The molecule has 5 heteroatoms. The van der Waals surface area contributed by atoms with Gasteiger partial charge in [-0.3, -0.25) is 9.69 Å². The summed E-state index contributed by atoms with van der Waals surface area (Å²) in [6, 6.07) is 5.41. The highest BCUT2D eigenvalue weighted by molar-refractivity contribution is 6.30. The second kappa shape index (κ2) is 6.37. The predicted octanol–water partition coefficient (Wildman–Crippen LogP) is 2.04. The van der Waals surface area contributed by atoms with E-state index in [-0.39, 0.29) is 12.0 Å². The molecule has 2 N–H and O–H groups in total. The number of piperidine rings is 1. The summed E-state index contributed by atoms with van der Waals surface area (Å²) in [4.78, 5) is 14.0. The zero-order chi connectivity index (χ0) is 13.8. The first-order valence-corrected chi connectivity index (χ1v) is 6.89. The number of anilines is 1. The van der Waals surface area contributed by atoms with Crippen LogP contribution in [0.5, 0.6) is 0 Å². The predicted molar refractivity (Wildman–Crippen MR) is 76.5 cm³/mol. The molecule has 0 unspecified atom stereocenters. The molecule has 0 atom stereocenters. The zero-order valence-corrected chi connectivity index (χ0v) is 11.8. The van der Waals surface area contributed by atoms with E-state index in [1.54, 1.807) is 6.07 Å². The number of carbonyl (C=O) groups is 1. The Morgan fingerprint density at radius 1 is 1.47 bits per heavy atom. The van der Waals surface area contributed by atoms with Crippen LogP contribution in [0.15, 0.2) is 18.2 Å². The number of amides is 1. The Morgan fingerprint density at radius 3 is 2.79 bits per heavy atom. The van der Waals surface area contributed by atoms with Crippen LogP contribution in [0.3, 0.4) is 0 Å². The van der Waals surface area contributed by atoms with Crippen molar-refractivity contribution in [2.75, 3.05) is 25.0 Å². The molecule has 1 aromatic carbocycles. The third-order valence-electron chi connectivity index (χ3n) is 3.39. The molecule has 1 aromatic rings. The summed E-state index contributed by atoms with van der Waals surface area (Å²) in [5.41, 5.74) is 1.75. The van der Waals surface area contributed by atoms with Crippen LogP contribution in [0.2, 0.25) is 5.02 Å². The smallest absolute Gasteiger partial charge is 0.238 e. The lowest BCUT2D eigenvalue weighted by Crippen LogP contribution is -2.40. The van der Waals surface area contributed by atoms with Gasteiger partial charge >= 0.3 is 0 Å². The number of rotatable bonds is 3. The Bertz CT molecular complexity index is 457. The normalized spacial score (nSPS) is 17.4. The third kappa shape index (κ3) is 4.20. The lowest BCUT2D eigenvalue weighted by Gasteiger charge is -2.28. The van der Waals surface area contributed by atoms with Crippen molar-refractivity contribution >= 4 is 23.2 Å². The quantitative estimate of drug-likeness (QED) is 0.892. The number of aryl methyl sites for hydroxylation is 1. The van der Waals surface area contributed by atoms with Crippen molar-refractivity contribution in [3.05, 3.63) is 28.8 Å². The number of carbonyl (C=O) groups excluding carboxylic acids is 1. The van der Waals surface area contributed by atoms with E-state index in [4.69, 9.17) is 11.6 Å². The number of aliphatic hydroxyl groups excluding tert-OH is 1. The average Bonchev–Trinajstić information content (AvgIpc) is 2.36. The molecule has 1 fully saturated rings. The molecule has 1 saturated heterocycles. The largest absolute Gasteiger partial charge is 0.393 e. The fourth-order valence-electron chi connectivity index (χ4n) is 2.24. The third-order valence-corrected chi connectivity index (χ3v) is 3.62. The van der Waals surface area contributed by atoms with E-state index in [0.717, 1.165) is 37.2 Å². The molecular formula is C14H19ClN2O2. The molecule has 1 amide bonds. The van der Waals surface area contributed by atoms with Crippen molar-refractivity contribution in [3.63, 3.8) is 0 Å². The van der Waals surface area contributed by atoms with Gasteiger partial charge in [-0.05, 0) is 43.5 Å². The van der Waals surface area contributed by atoms with E-state index in [1.165, 1.54) is 0 Å². The van der Waals surface area contributed by atoms with E-state index in [9.17, 15) is 9.90 Å². The highest BCUT2D eigenvalue weighted by atomic mass is 35.5. The van der Waals surface area contributed by atoms with Crippen LogP contribution in [0.1, 0.15) is 18.4 Å². The molecule has 0 aromatic heterocycles. The van der Waals surface area contributed by atoms with Crippen LogP contribution in [0.4, 0.5) is 5.69 Å². The van der Waals surface area contributed by atoms with E-state index in [0.29, 0.717) is 11.6 Å². The van der Waals surface area contributed by atoms with Gasteiger partial charge in [0.1, 0.15) is 0 Å². The van der Waals surface area contributed by atoms with E-state index >= 15 is 0 Å². The number of hydrogen-bond donors (Lipinski definition) is 2. The summed E-state index contributed by atoms with van der Waals surface area (Å²) in [5, 5.41) is 13.0. The highest BCUT2D eigenvalue weighted by Crippen LogP contribution is 2.19. The Labute approximate surface area is 118 Å². The topological polar surface area (TPSA) is 52.6 Å². The summed E-state index contributed by atoms with van der Waals surface area (Å²) < 4.78 is 0. The Kier molecular flexibility index (Phi) is 4.80. The first-order chi connectivity index (χ1) is 9.04. The molecule has 4 nitrogen and oxygen atoms in total. The lowest BCUT2D eigenvalue weighted by atomic mass is 10.1. The molecule has 0 saturated carbocycles. The van der Waals surface area contributed by atoms with Crippen molar-refractivity contribution in [1.29, 1.82) is 0 Å². The molecule has 0 radical (unpaired) electrons. The van der Waals surface area contributed by atoms with Crippen LogP contribution in [0, 0.1) is 6.92 Å². The number of nitrogens with one attached hydrogen (secondary N) is 1. The van der Waals surface area contributed by atoms with Crippen LogP contribution in [-0.2, 0) is 4.79 Å². The van der Waals surface area contributed by atoms with Crippen LogP contribution in [-0.4, -0.2) is 41.7 Å². The first-order valence-electron chi connectivity index (χ1n) is 6.51. The van der Waals surface area contributed by atoms with E-state index in [2.05, 4.69) is 10.2 Å². The Hall–Kier alpha value is -1.10. The second-order valence-corrected chi connectivity index (χ2v) is 5.45. The maximum atomic E-state index is 12.0. The number of benzene rings is 1. The van der Waals surface area contributed by atoms with Crippen molar-refractivity contribution in [2.45, 2.75) is 25.9 Å². The SMILES string of the molecule is Cc1cc(Cl)ccc1NC(=O)CN1CCC(O)CC1. The summed E-state index contributed by atoms with van der Waals surface area (Å²) in [7, 11) is 0. The average molecular weight is 283 g/mol. The van der Waals surface area contributed by atoms with Gasteiger partial charge < -0.3 is 10.4 Å². The minimum Gasteiger partial charge on any atom is -0.393 e. The summed E-state index contributed by atoms with van der Waals surface area (Å²) in [5.74, 6) is -0.0261. The van der Waals surface area contributed by atoms with Gasteiger partial charge in [-0.1, -0.05) is 11.6 Å². The molecule has 0 spiro atoms. The summed E-state index contributed by atoms with van der Waals surface area (Å²) >= 11 is 5.88. The monoisotopic (exact) mass is 282 g/mol. The molecule has 1 heterocycles. The standard InChI is InChI=1S/C14H19ClN2O2/c1-10-8-11(15)2-3-13(10)16-14(19)9-17-6-4-12(18)5-7-17/h2-3,8,12,18H,4-7,9H2,1H3,(H,16,19). The summed E-state index contributed by atoms with van der Waals surface area (Å²) in [6.07, 6.45) is 1.28.